The summed E-state index contributed by atoms with van der Waals surface area (Å²) in [5.74, 6) is 1.66. The maximum absolute atomic E-state index is 5.82. The molecular weight excluding hydrogens is 320 g/mol. The van der Waals surface area contributed by atoms with E-state index in [9.17, 15) is 0 Å². The fourth-order valence-corrected chi connectivity index (χ4v) is 2.53. The molecule has 0 aliphatic rings. The molecule has 0 aliphatic heterocycles. The van der Waals surface area contributed by atoms with Crippen LogP contribution in [0.25, 0.3) is 0 Å². The van der Waals surface area contributed by atoms with Gasteiger partial charge in [0.2, 0.25) is 4.77 Å². The van der Waals surface area contributed by atoms with Crippen LogP contribution in [0.5, 0.6) is 5.75 Å². The first-order valence-electron chi connectivity index (χ1n) is 7.77. The molecule has 2 N–H and O–H groups in total. The normalized spacial score (nSPS) is 10.6. The number of ether oxygens (including phenoxy) is 1. The van der Waals surface area contributed by atoms with E-state index in [0.29, 0.717) is 17.9 Å². The molecule has 0 saturated carbocycles. The van der Waals surface area contributed by atoms with Gasteiger partial charge >= 0.3 is 0 Å². The second kappa shape index (κ2) is 7.31. The fourth-order valence-electron chi connectivity index (χ4n) is 2.29. The third-order valence-corrected chi connectivity index (χ3v) is 4.00. The van der Waals surface area contributed by atoms with Crippen molar-refractivity contribution in [1.82, 2.24) is 14.9 Å². The Labute approximate surface area is 146 Å². The van der Waals surface area contributed by atoms with Crippen molar-refractivity contribution >= 4 is 12.2 Å². The maximum atomic E-state index is 5.82. The van der Waals surface area contributed by atoms with Crippen molar-refractivity contribution < 1.29 is 4.74 Å². The second-order valence-electron chi connectivity index (χ2n) is 5.66. The van der Waals surface area contributed by atoms with E-state index >= 15 is 0 Å². The summed E-state index contributed by atoms with van der Waals surface area (Å²) in [6, 6.07) is 16.4. The van der Waals surface area contributed by atoms with Crippen molar-refractivity contribution in [2.24, 2.45) is 0 Å². The molecule has 0 saturated heterocycles. The predicted octanol–water partition coefficient (Wildman–Crippen LogP) is 3.88. The average molecular weight is 340 g/mol. The summed E-state index contributed by atoms with van der Waals surface area (Å²) >= 11 is 5.16. The molecule has 0 fully saturated rings. The monoisotopic (exact) mass is 340 g/mol. The van der Waals surface area contributed by atoms with Gasteiger partial charge in [0.1, 0.15) is 18.2 Å². The number of hydrogen-bond donors (Lipinski definition) is 2. The van der Waals surface area contributed by atoms with Crippen LogP contribution in [0.2, 0.25) is 0 Å². The Balaban J connectivity index is 1.55. The largest absolute Gasteiger partial charge is 0.489 e. The van der Waals surface area contributed by atoms with Crippen LogP contribution in [-0.4, -0.2) is 14.9 Å². The van der Waals surface area contributed by atoms with Gasteiger partial charge in [0.05, 0.1) is 6.54 Å². The molecule has 2 aromatic carbocycles. The van der Waals surface area contributed by atoms with Gasteiger partial charge in [-0.25, -0.2) is 4.68 Å². The summed E-state index contributed by atoms with van der Waals surface area (Å²) in [6.45, 7) is 5.20. The number of aromatic amines is 1. The molecule has 1 heterocycles. The van der Waals surface area contributed by atoms with Crippen molar-refractivity contribution in [3.63, 3.8) is 0 Å². The molecule has 0 aliphatic carbocycles. The zero-order valence-electron chi connectivity index (χ0n) is 13.7. The Morgan fingerprint density at radius 1 is 1.04 bits per heavy atom. The summed E-state index contributed by atoms with van der Waals surface area (Å²) in [5.41, 5.74) is 6.79. The first-order valence-corrected chi connectivity index (χ1v) is 8.18. The summed E-state index contributed by atoms with van der Waals surface area (Å²) in [4.78, 5) is 0. The summed E-state index contributed by atoms with van der Waals surface area (Å²) in [7, 11) is 0. The van der Waals surface area contributed by atoms with E-state index in [1.54, 1.807) is 4.68 Å². The lowest BCUT2D eigenvalue weighted by Crippen LogP contribution is -2.15. The molecule has 3 aromatic rings. The first kappa shape index (κ1) is 16.3. The minimum atomic E-state index is 0.561. The van der Waals surface area contributed by atoms with E-state index in [0.717, 1.165) is 22.7 Å². The molecule has 1 aromatic heterocycles. The molecule has 0 atom stereocenters. The van der Waals surface area contributed by atoms with E-state index in [1.807, 2.05) is 31.2 Å². The van der Waals surface area contributed by atoms with E-state index in [-0.39, 0.29) is 0 Å². The predicted molar refractivity (Wildman–Crippen MR) is 97.2 cm³/mol. The molecule has 0 radical (unpaired) electrons. The van der Waals surface area contributed by atoms with Crippen LogP contribution >= 0.6 is 12.2 Å². The highest BCUT2D eigenvalue weighted by molar-refractivity contribution is 7.71. The highest BCUT2D eigenvalue weighted by atomic mass is 32.1. The number of aromatic nitrogens is 3. The van der Waals surface area contributed by atoms with Gasteiger partial charge in [-0.05, 0) is 49.3 Å². The minimum absolute atomic E-state index is 0.561. The van der Waals surface area contributed by atoms with Gasteiger partial charge in [0.15, 0.2) is 0 Å². The molecule has 24 heavy (non-hydrogen) atoms. The van der Waals surface area contributed by atoms with Crippen LogP contribution in [0.15, 0.2) is 48.5 Å². The summed E-state index contributed by atoms with van der Waals surface area (Å²) < 4.78 is 8.14. The summed E-state index contributed by atoms with van der Waals surface area (Å²) in [6.07, 6.45) is 0. The first-order chi connectivity index (χ1) is 11.6. The zero-order valence-corrected chi connectivity index (χ0v) is 14.6. The molecule has 0 spiro atoms. The van der Waals surface area contributed by atoms with Crippen molar-refractivity contribution in [2.75, 3.05) is 5.43 Å². The molecule has 5 nitrogen and oxygen atoms in total. The number of aryl methyl sites for hydroxylation is 2. The maximum Gasteiger partial charge on any atom is 0.214 e. The zero-order chi connectivity index (χ0) is 16.9. The quantitative estimate of drug-likeness (QED) is 0.669. The SMILES string of the molecule is Cc1ccc(COc2ccc(CNn3c(C)n[nH]c3=S)cc2)cc1. The lowest BCUT2D eigenvalue weighted by atomic mass is 10.2. The standard InChI is InChI=1S/C18H20N4OS/c1-13-3-5-16(6-4-13)12-23-17-9-7-15(8-10-17)11-19-22-14(2)20-21-18(22)24/h3-10,19H,11-12H2,1-2H3,(H,21,24). The Morgan fingerprint density at radius 2 is 1.71 bits per heavy atom. The third-order valence-electron chi connectivity index (χ3n) is 3.73. The summed E-state index contributed by atoms with van der Waals surface area (Å²) in [5, 5.41) is 6.82. The van der Waals surface area contributed by atoms with E-state index in [1.165, 1.54) is 5.56 Å². The van der Waals surface area contributed by atoms with Gasteiger partial charge in [-0.2, -0.15) is 5.10 Å². The van der Waals surface area contributed by atoms with Gasteiger partial charge in [-0.3, -0.25) is 5.10 Å². The highest BCUT2D eigenvalue weighted by Crippen LogP contribution is 2.15. The van der Waals surface area contributed by atoms with Gasteiger partial charge in [-0.1, -0.05) is 42.0 Å². The van der Waals surface area contributed by atoms with Crippen LogP contribution in [-0.2, 0) is 13.2 Å². The van der Waals surface area contributed by atoms with Crippen molar-refractivity contribution in [2.45, 2.75) is 27.0 Å². The van der Waals surface area contributed by atoms with Crippen molar-refractivity contribution in [1.29, 1.82) is 0 Å². The lowest BCUT2D eigenvalue weighted by molar-refractivity contribution is 0.306. The number of H-pyrrole nitrogens is 1. The molecule has 124 valence electrons. The Morgan fingerprint density at radius 3 is 2.33 bits per heavy atom. The second-order valence-corrected chi connectivity index (χ2v) is 6.05. The van der Waals surface area contributed by atoms with Crippen LogP contribution in [0.3, 0.4) is 0 Å². The molecule has 3 rings (SSSR count). The van der Waals surface area contributed by atoms with Gasteiger partial charge in [0, 0.05) is 0 Å². The lowest BCUT2D eigenvalue weighted by Gasteiger charge is -2.10. The van der Waals surface area contributed by atoms with Crippen LogP contribution < -0.4 is 10.2 Å². The van der Waals surface area contributed by atoms with Crippen molar-refractivity contribution in [3.8, 4) is 5.75 Å². The number of hydrogen-bond acceptors (Lipinski definition) is 4. The topological polar surface area (TPSA) is 54.9 Å². The highest BCUT2D eigenvalue weighted by Gasteiger charge is 2.01. The molecule has 0 unspecified atom stereocenters. The smallest absolute Gasteiger partial charge is 0.214 e. The van der Waals surface area contributed by atoms with Crippen molar-refractivity contribution in [3.05, 3.63) is 75.8 Å². The van der Waals surface area contributed by atoms with Gasteiger partial charge < -0.3 is 10.2 Å². The van der Waals surface area contributed by atoms with E-state index in [4.69, 9.17) is 17.0 Å². The Hall–Kier alpha value is -2.60. The van der Waals surface area contributed by atoms with Gasteiger partial charge in [0.25, 0.3) is 0 Å². The molecule has 0 amide bonds. The van der Waals surface area contributed by atoms with Crippen LogP contribution in [0.1, 0.15) is 22.5 Å². The molecular formula is C18H20N4OS. The Kier molecular flexibility index (Phi) is 4.96. The average Bonchev–Trinajstić information content (AvgIpc) is 2.92. The number of nitrogens with one attached hydrogen (secondary N) is 2. The third kappa shape index (κ3) is 4.02. The molecule has 6 heteroatoms. The Bertz CT molecular complexity index is 850. The minimum Gasteiger partial charge on any atom is -0.489 e. The van der Waals surface area contributed by atoms with E-state index in [2.05, 4.69) is 46.8 Å². The molecule has 0 bridgehead atoms. The van der Waals surface area contributed by atoms with Gasteiger partial charge in [-0.15, -0.1) is 0 Å². The number of nitrogens with zero attached hydrogens (tertiary/aromatic N) is 2. The van der Waals surface area contributed by atoms with Crippen LogP contribution in [0.4, 0.5) is 0 Å². The number of rotatable bonds is 6. The fraction of sp³-hybridized carbons (Fsp3) is 0.222. The van der Waals surface area contributed by atoms with E-state index < -0.39 is 0 Å². The van der Waals surface area contributed by atoms with Crippen LogP contribution in [0, 0.1) is 18.6 Å². The number of benzene rings is 2.